The second-order valence-electron chi connectivity index (χ2n) is 5.82. The van der Waals surface area contributed by atoms with Crippen molar-refractivity contribution in [2.75, 3.05) is 18.8 Å². The van der Waals surface area contributed by atoms with E-state index in [-0.39, 0.29) is 18.3 Å². The van der Waals surface area contributed by atoms with E-state index in [9.17, 15) is 13.2 Å². The summed E-state index contributed by atoms with van der Waals surface area (Å²) < 4.78 is 26.8. The zero-order valence-electron chi connectivity index (χ0n) is 13.4. The summed E-state index contributed by atoms with van der Waals surface area (Å²) in [6.45, 7) is 1.11. The molecule has 1 saturated heterocycles. The van der Waals surface area contributed by atoms with Crippen molar-refractivity contribution in [3.63, 3.8) is 0 Å². The Morgan fingerprint density at radius 3 is 2.71 bits per heavy atom. The highest BCUT2D eigenvalue weighted by molar-refractivity contribution is 7.89. The van der Waals surface area contributed by atoms with E-state index >= 15 is 0 Å². The van der Waals surface area contributed by atoms with E-state index in [2.05, 4.69) is 4.72 Å². The van der Waals surface area contributed by atoms with E-state index in [0.717, 1.165) is 11.1 Å². The molecule has 132 valence electrons. The number of nitrogens with two attached hydrogens (primary N) is 1. The lowest BCUT2D eigenvalue weighted by molar-refractivity contribution is 0.129. The number of likely N-dealkylation sites (tertiary alicyclic amines) is 1. The summed E-state index contributed by atoms with van der Waals surface area (Å²) in [7, 11) is -3.49. The van der Waals surface area contributed by atoms with Gasteiger partial charge in [0.05, 0.1) is 5.75 Å². The molecule has 0 spiro atoms. The molecule has 1 atom stereocenters. The summed E-state index contributed by atoms with van der Waals surface area (Å²) in [5.41, 5.74) is 7.44. The van der Waals surface area contributed by atoms with Gasteiger partial charge in [-0.15, -0.1) is 0 Å². The molecule has 4 N–H and O–H groups in total. The van der Waals surface area contributed by atoms with Gasteiger partial charge >= 0.3 is 6.09 Å². The van der Waals surface area contributed by atoms with Crippen molar-refractivity contribution in [3.8, 4) is 0 Å². The van der Waals surface area contributed by atoms with E-state index in [1.807, 2.05) is 24.3 Å². The molecule has 0 saturated carbocycles. The maximum absolute atomic E-state index is 12.1. The number of rotatable bonds is 6. The summed E-state index contributed by atoms with van der Waals surface area (Å²) in [6.07, 6.45) is 3.61. The Labute approximate surface area is 142 Å². The number of benzene rings is 1. The monoisotopic (exact) mass is 353 g/mol. The average molecular weight is 353 g/mol. The van der Waals surface area contributed by atoms with Crippen molar-refractivity contribution in [1.82, 2.24) is 9.62 Å². The third kappa shape index (κ3) is 5.63. The molecule has 2 rings (SSSR count). The molecule has 1 unspecified atom stereocenters. The van der Waals surface area contributed by atoms with Crippen molar-refractivity contribution in [3.05, 3.63) is 41.5 Å². The smallest absolute Gasteiger partial charge is 0.407 e. The Kier molecular flexibility index (Phi) is 6.36. The van der Waals surface area contributed by atoms with Gasteiger partial charge in [-0.1, -0.05) is 36.4 Å². The van der Waals surface area contributed by atoms with E-state index in [4.69, 9.17) is 10.8 Å². The van der Waals surface area contributed by atoms with Crippen LogP contribution in [0.2, 0.25) is 0 Å². The normalized spacial score (nSPS) is 18.9. The second kappa shape index (κ2) is 8.27. The van der Waals surface area contributed by atoms with Gasteiger partial charge in [-0.3, -0.25) is 0 Å². The fraction of sp³-hybridized carbons (Fsp3) is 0.438. The lowest BCUT2D eigenvalue weighted by Crippen LogP contribution is -2.49. The number of nitrogens with one attached hydrogen (secondary N) is 1. The van der Waals surface area contributed by atoms with Crippen LogP contribution in [0.5, 0.6) is 0 Å². The fourth-order valence-corrected chi connectivity index (χ4v) is 3.77. The summed E-state index contributed by atoms with van der Waals surface area (Å²) >= 11 is 0. The number of amides is 1. The van der Waals surface area contributed by atoms with Crippen LogP contribution in [0, 0.1) is 0 Å². The van der Waals surface area contributed by atoms with Crippen LogP contribution in [0.1, 0.15) is 24.0 Å². The summed E-state index contributed by atoms with van der Waals surface area (Å²) in [5.74, 6) is -0.144. The first kappa shape index (κ1) is 18.4. The lowest BCUT2D eigenvalue weighted by Gasteiger charge is -2.30. The predicted molar refractivity (Wildman–Crippen MR) is 92.9 cm³/mol. The number of hydrogen-bond donors (Lipinski definition) is 3. The lowest BCUT2D eigenvalue weighted by atomic mass is 10.1. The van der Waals surface area contributed by atoms with E-state index in [0.29, 0.717) is 25.9 Å². The highest BCUT2D eigenvalue weighted by Crippen LogP contribution is 2.11. The van der Waals surface area contributed by atoms with Crippen LogP contribution in [-0.2, 0) is 16.6 Å². The molecular formula is C16H23N3O4S. The van der Waals surface area contributed by atoms with Crippen LogP contribution in [0.4, 0.5) is 4.79 Å². The van der Waals surface area contributed by atoms with Crippen LogP contribution in [0.25, 0.3) is 6.08 Å². The first-order valence-corrected chi connectivity index (χ1v) is 9.48. The number of hydrogen-bond acceptors (Lipinski definition) is 4. The summed E-state index contributed by atoms with van der Waals surface area (Å²) in [5, 5.41) is 8.99. The van der Waals surface area contributed by atoms with Gasteiger partial charge in [0.25, 0.3) is 0 Å². The van der Waals surface area contributed by atoms with Crippen molar-refractivity contribution < 1.29 is 18.3 Å². The van der Waals surface area contributed by atoms with Gasteiger partial charge in [0.2, 0.25) is 10.0 Å². The van der Waals surface area contributed by atoms with Gasteiger partial charge in [0.15, 0.2) is 0 Å². The number of piperidine rings is 1. The minimum absolute atomic E-state index is 0.144. The van der Waals surface area contributed by atoms with Crippen LogP contribution >= 0.6 is 0 Å². The Balaban J connectivity index is 1.88. The topological polar surface area (TPSA) is 113 Å². The zero-order chi connectivity index (χ0) is 17.6. The molecule has 0 aromatic heterocycles. The first-order valence-electron chi connectivity index (χ1n) is 7.83. The van der Waals surface area contributed by atoms with Gasteiger partial charge in [0.1, 0.15) is 0 Å². The number of carboxylic acid groups (broad SMARTS) is 1. The predicted octanol–water partition coefficient (Wildman–Crippen LogP) is 1.22. The van der Waals surface area contributed by atoms with Gasteiger partial charge in [0, 0.05) is 25.7 Å². The molecule has 1 fully saturated rings. The molecular weight excluding hydrogens is 330 g/mol. The summed E-state index contributed by atoms with van der Waals surface area (Å²) in [6, 6.07) is 7.19. The minimum atomic E-state index is -3.49. The molecule has 1 aromatic rings. The second-order valence-corrected chi connectivity index (χ2v) is 7.61. The molecule has 0 aliphatic carbocycles. The van der Waals surface area contributed by atoms with Crippen LogP contribution < -0.4 is 10.5 Å². The third-order valence-electron chi connectivity index (χ3n) is 3.88. The molecule has 1 heterocycles. The van der Waals surface area contributed by atoms with Crippen molar-refractivity contribution in [2.24, 2.45) is 5.73 Å². The molecule has 1 aromatic carbocycles. The van der Waals surface area contributed by atoms with E-state index in [1.165, 1.54) is 4.90 Å². The maximum atomic E-state index is 12.1. The quantitative estimate of drug-likeness (QED) is 0.712. The van der Waals surface area contributed by atoms with E-state index in [1.54, 1.807) is 12.2 Å². The average Bonchev–Trinajstić information content (AvgIpc) is 2.55. The van der Waals surface area contributed by atoms with Gasteiger partial charge < -0.3 is 15.7 Å². The Morgan fingerprint density at radius 1 is 1.38 bits per heavy atom. The molecule has 1 aliphatic heterocycles. The highest BCUT2D eigenvalue weighted by atomic mass is 32.2. The van der Waals surface area contributed by atoms with Crippen LogP contribution in [0.3, 0.4) is 0 Å². The highest BCUT2D eigenvalue weighted by Gasteiger charge is 2.25. The molecule has 0 radical (unpaired) electrons. The Morgan fingerprint density at radius 2 is 2.08 bits per heavy atom. The molecule has 1 amide bonds. The number of sulfonamides is 1. The van der Waals surface area contributed by atoms with Gasteiger partial charge in [-0.05, 0) is 24.0 Å². The summed E-state index contributed by atoms with van der Waals surface area (Å²) in [4.78, 5) is 12.2. The Bertz CT molecular complexity index is 686. The van der Waals surface area contributed by atoms with Crippen molar-refractivity contribution in [2.45, 2.75) is 25.4 Å². The maximum Gasteiger partial charge on any atom is 0.407 e. The molecule has 0 bridgehead atoms. The van der Waals surface area contributed by atoms with Crippen LogP contribution in [-0.4, -0.2) is 49.4 Å². The number of carbonyl (C=O) groups is 1. The molecule has 24 heavy (non-hydrogen) atoms. The van der Waals surface area contributed by atoms with Gasteiger partial charge in [-0.2, -0.15) is 0 Å². The third-order valence-corrected chi connectivity index (χ3v) is 5.20. The van der Waals surface area contributed by atoms with Crippen molar-refractivity contribution >= 4 is 22.2 Å². The van der Waals surface area contributed by atoms with Crippen molar-refractivity contribution in [1.29, 1.82) is 0 Å². The zero-order valence-corrected chi connectivity index (χ0v) is 14.2. The largest absolute Gasteiger partial charge is 0.465 e. The molecule has 1 aliphatic rings. The minimum Gasteiger partial charge on any atom is -0.465 e. The number of nitrogens with zero attached hydrogens (tertiary/aromatic N) is 1. The standard InChI is InChI=1S/C16H23N3O4S/c17-11-14-7-5-13(6-8-14)3-2-10-24(22,23)18-15-4-1-9-19(12-15)16(20)21/h2-3,5-8,15,18H,1,4,9-12,17H2,(H,20,21). The molecule has 8 heteroatoms. The Hall–Kier alpha value is -1.90. The fourth-order valence-electron chi connectivity index (χ4n) is 2.62. The first-order chi connectivity index (χ1) is 11.4. The van der Waals surface area contributed by atoms with Crippen LogP contribution in [0.15, 0.2) is 30.3 Å². The van der Waals surface area contributed by atoms with E-state index < -0.39 is 16.1 Å². The molecule has 7 nitrogen and oxygen atoms in total. The SMILES string of the molecule is NCc1ccc(C=CCS(=O)(=O)NC2CCCN(C(=O)O)C2)cc1. The van der Waals surface area contributed by atoms with Gasteiger partial charge in [-0.25, -0.2) is 17.9 Å².